The summed E-state index contributed by atoms with van der Waals surface area (Å²) in [4.78, 5) is 38.5. The molecule has 0 heterocycles. The van der Waals surface area contributed by atoms with Crippen LogP contribution in [-0.4, -0.2) is 39.8 Å². The zero-order valence-electron chi connectivity index (χ0n) is 15.5. The van der Waals surface area contributed by atoms with E-state index in [-0.39, 0.29) is 48.1 Å². The van der Waals surface area contributed by atoms with E-state index in [0.29, 0.717) is 6.42 Å². The van der Waals surface area contributed by atoms with Crippen molar-refractivity contribution in [3.8, 4) is 0 Å². The summed E-state index contributed by atoms with van der Waals surface area (Å²) in [5.74, 6) is -0.570. The maximum atomic E-state index is 13.3. The van der Waals surface area contributed by atoms with Crippen LogP contribution in [0.2, 0.25) is 0 Å². The molecule has 0 bridgehead atoms. The second kappa shape index (κ2) is 5.59. The van der Waals surface area contributed by atoms with Gasteiger partial charge in [-0.15, -0.1) is 0 Å². The van der Waals surface area contributed by atoms with Crippen molar-refractivity contribution in [2.45, 2.75) is 58.0 Å². The maximum absolute atomic E-state index is 13.3. The van der Waals surface area contributed by atoms with E-state index in [1.165, 1.54) is 0 Å². The highest BCUT2D eigenvalue weighted by molar-refractivity contribution is 6.01. The lowest BCUT2D eigenvalue weighted by atomic mass is 9.44. The van der Waals surface area contributed by atoms with Crippen LogP contribution in [0.5, 0.6) is 0 Å². The first kappa shape index (κ1) is 18.1. The highest BCUT2D eigenvalue weighted by atomic mass is 16.3. The molecule has 0 spiro atoms. The van der Waals surface area contributed by atoms with Gasteiger partial charge in [0.05, 0.1) is 0 Å². The number of ketones is 3. The Morgan fingerprint density at radius 1 is 1.23 bits per heavy atom. The summed E-state index contributed by atoms with van der Waals surface area (Å²) in [7, 11) is 0. The summed E-state index contributed by atoms with van der Waals surface area (Å²) in [5.41, 5.74) is -3.14. The van der Waals surface area contributed by atoms with Crippen LogP contribution in [0.15, 0.2) is 12.2 Å². The second-order valence-corrected chi connectivity index (χ2v) is 9.35. The van der Waals surface area contributed by atoms with E-state index in [1.807, 2.05) is 19.9 Å². The molecule has 3 saturated carbocycles. The van der Waals surface area contributed by atoms with Gasteiger partial charge < -0.3 is 10.2 Å². The summed E-state index contributed by atoms with van der Waals surface area (Å²) in [6, 6.07) is 0. The Balaban J connectivity index is 1.77. The Hall–Kier alpha value is -1.33. The first-order valence-corrected chi connectivity index (χ1v) is 9.80. The molecule has 0 amide bonds. The van der Waals surface area contributed by atoms with Gasteiger partial charge in [-0.2, -0.15) is 0 Å². The topological polar surface area (TPSA) is 91.7 Å². The lowest BCUT2D eigenvalue weighted by molar-refractivity contribution is -0.177. The fraction of sp³-hybridized carbons (Fsp3) is 0.762. The van der Waals surface area contributed by atoms with Gasteiger partial charge in [-0.25, -0.2) is 0 Å². The highest BCUT2D eigenvalue weighted by Crippen LogP contribution is 2.66. The summed E-state index contributed by atoms with van der Waals surface area (Å²) < 4.78 is 0. The molecule has 142 valence electrons. The summed E-state index contributed by atoms with van der Waals surface area (Å²) in [6.45, 7) is 3.09. The van der Waals surface area contributed by atoms with Crippen molar-refractivity contribution in [1.29, 1.82) is 0 Å². The Bertz CT molecular complexity index is 711. The van der Waals surface area contributed by atoms with E-state index in [4.69, 9.17) is 0 Å². The summed E-state index contributed by atoms with van der Waals surface area (Å²) in [6.07, 6.45) is 7.24. The van der Waals surface area contributed by atoms with Crippen LogP contribution < -0.4 is 0 Å². The molecule has 2 N–H and O–H groups in total. The minimum atomic E-state index is -1.64. The van der Waals surface area contributed by atoms with Crippen LogP contribution in [0.25, 0.3) is 0 Å². The number of hydrogen-bond acceptors (Lipinski definition) is 5. The molecule has 4 aliphatic carbocycles. The van der Waals surface area contributed by atoms with Gasteiger partial charge in [-0.05, 0) is 55.9 Å². The van der Waals surface area contributed by atoms with Crippen LogP contribution in [0.3, 0.4) is 0 Å². The second-order valence-electron chi connectivity index (χ2n) is 9.35. The van der Waals surface area contributed by atoms with Crippen LogP contribution in [0.1, 0.15) is 52.4 Å². The zero-order valence-corrected chi connectivity index (χ0v) is 15.5. The van der Waals surface area contributed by atoms with Gasteiger partial charge >= 0.3 is 0 Å². The molecular formula is C21H28O5. The summed E-state index contributed by atoms with van der Waals surface area (Å²) >= 11 is 0. The molecule has 26 heavy (non-hydrogen) atoms. The van der Waals surface area contributed by atoms with Crippen molar-refractivity contribution in [1.82, 2.24) is 0 Å². The van der Waals surface area contributed by atoms with Gasteiger partial charge in [-0.1, -0.05) is 19.9 Å². The van der Waals surface area contributed by atoms with Crippen LogP contribution >= 0.6 is 0 Å². The largest absolute Gasteiger partial charge is 0.388 e. The predicted octanol–water partition coefficient (Wildman–Crippen LogP) is 1.85. The normalized spacial score (nSPS) is 50.2. The summed E-state index contributed by atoms with van der Waals surface area (Å²) in [5, 5.41) is 20.5. The van der Waals surface area contributed by atoms with Crippen molar-refractivity contribution < 1.29 is 24.6 Å². The van der Waals surface area contributed by atoms with E-state index in [1.54, 1.807) is 6.08 Å². The van der Waals surface area contributed by atoms with Crippen molar-refractivity contribution >= 4 is 17.3 Å². The molecule has 5 nitrogen and oxygen atoms in total. The molecule has 5 heteroatoms. The van der Waals surface area contributed by atoms with Gasteiger partial charge in [-0.3, -0.25) is 14.4 Å². The number of rotatable bonds is 2. The van der Waals surface area contributed by atoms with Crippen molar-refractivity contribution in [2.24, 2.45) is 34.5 Å². The van der Waals surface area contributed by atoms with E-state index in [9.17, 15) is 24.6 Å². The number of allylic oxidation sites excluding steroid dienone is 2. The molecule has 0 unspecified atom stereocenters. The standard InChI is InChI=1S/C21H28O5/c1-19-10-15(23)18-13(14(19)8-9-21(19,26)17(25)11-22)7-6-12-4-3-5-16(24)20(12,18)2/h3,5,12-14,18,22,26H,4,6-11H2,1-2H3/t12-,13-,14-,18+,19-,20+,21-/m0/s1. The van der Waals surface area contributed by atoms with Crippen LogP contribution in [0.4, 0.5) is 0 Å². The van der Waals surface area contributed by atoms with E-state index in [0.717, 1.165) is 19.3 Å². The number of carbonyl (C=O) groups is 3. The Morgan fingerprint density at radius 2 is 1.96 bits per heavy atom. The van der Waals surface area contributed by atoms with Crippen LogP contribution in [0, 0.1) is 34.5 Å². The Labute approximate surface area is 153 Å². The molecule has 0 aromatic carbocycles. The smallest absolute Gasteiger partial charge is 0.190 e. The van der Waals surface area contributed by atoms with Gasteiger partial charge in [0, 0.05) is 23.2 Å². The number of Topliss-reactive ketones (excluding diaryl/α,β-unsaturated/α-hetero) is 2. The maximum Gasteiger partial charge on any atom is 0.190 e. The molecule has 0 aromatic rings. The minimum absolute atomic E-state index is 0.00987. The van der Waals surface area contributed by atoms with E-state index < -0.39 is 28.8 Å². The number of hydrogen-bond donors (Lipinski definition) is 2. The van der Waals surface area contributed by atoms with Crippen molar-refractivity contribution in [2.75, 3.05) is 6.61 Å². The third kappa shape index (κ3) is 1.96. The molecule has 4 rings (SSSR count). The molecule has 0 aliphatic heterocycles. The molecule has 0 aromatic heterocycles. The minimum Gasteiger partial charge on any atom is -0.388 e. The first-order chi connectivity index (χ1) is 12.2. The van der Waals surface area contributed by atoms with Gasteiger partial charge in [0.1, 0.15) is 18.0 Å². The van der Waals surface area contributed by atoms with Crippen LogP contribution in [-0.2, 0) is 14.4 Å². The monoisotopic (exact) mass is 360 g/mol. The van der Waals surface area contributed by atoms with Crippen molar-refractivity contribution in [3.63, 3.8) is 0 Å². The molecule has 0 radical (unpaired) electrons. The van der Waals surface area contributed by atoms with Crippen molar-refractivity contribution in [3.05, 3.63) is 12.2 Å². The molecule has 0 saturated heterocycles. The average Bonchev–Trinajstić information content (AvgIpc) is 2.87. The Kier molecular flexibility index (Phi) is 3.88. The SMILES string of the molecule is C[C@]12C(=O)C=CC[C@H]1CC[C@@H]1[C@@H]2C(=O)C[C@@]2(C)[C@H]1CC[C@]2(O)C(=O)CO. The Morgan fingerprint density at radius 3 is 2.65 bits per heavy atom. The molecule has 3 fully saturated rings. The lowest BCUT2D eigenvalue weighted by Gasteiger charge is -2.58. The third-order valence-electron chi connectivity index (χ3n) is 8.58. The number of aliphatic hydroxyl groups excluding tert-OH is 1. The number of fused-ring (bicyclic) bond motifs is 5. The zero-order chi connectivity index (χ0) is 18.9. The van der Waals surface area contributed by atoms with Gasteiger partial charge in [0.15, 0.2) is 11.6 Å². The molecular weight excluding hydrogens is 332 g/mol. The molecule has 4 aliphatic rings. The van der Waals surface area contributed by atoms with Gasteiger partial charge in [0.25, 0.3) is 0 Å². The number of carbonyl (C=O) groups excluding carboxylic acids is 3. The quantitative estimate of drug-likeness (QED) is 0.784. The lowest BCUT2D eigenvalue weighted by Crippen LogP contribution is -2.63. The third-order valence-corrected chi connectivity index (χ3v) is 8.58. The fourth-order valence-electron chi connectivity index (χ4n) is 7.10. The number of aliphatic hydroxyl groups is 2. The first-order valence-electron chi connectivity index (χ1n) is 9.80. The predicted molar refractivity (Wildman–Crippen MR) is 94.1 cm³/mol. The van der Waals surface area contributed by atoms with E-state index >= 15 is 0 Å². The van der Waals surface area contributed by atoms with E-state index in [2.05, 4.69) is 0 Å². The highest BCUT2D eigenvalue weighted by Gasteiger charge is 2.69. The average molecular weight is 360 g/mol. The van der Waals surface area contributed by atoms with Gasteiger partial charge in [0.2, 0.25) is 0 Å². The molecule has 7 atom stereocenters. The fourth-order valence-corrected chi connectivity index (χ4v) is 7.10.